The number of aliphatic hydroxyl groups excluding tert-OH is 1. The number of aliphatic hydroxyl groups is 1. The third-order valence-electron chi connectivity index (χ3n) is 3.95. The van der Waals surface area contributed by atoms with Gasteiger partial charge in [0.15, 0.2) is 29.4 Å². The third-order valence-corrected chi connectivity index (χ3v) is 4.87. The summed E-state index contributed by atoms with van der Waals surface area (Å²) in [6.45, 7) is -0.469. The normalized spacial score (nSPS) is 26.3. The second-order valence-electron chi connectivity index (χ2n) is 5.65. The predicted octanol–water partition coefficient (Wildman–Crippen LogP) is -0.759. The molecule has 1 unspecified atom stereocenters. The number of alkyl halides is 1. The molecule has 5 N–H and O–H groups in total. The van der Waals surface area contributed by atoms with Crippen LogP contribution in [0.15, 0.2) is 6.33 Å². The Hall–Kier alpha value is -2.18. The zero-order valence-electron chi connectivity index (χ0n) is 14.2. The number of carbonyl (C=O) groups excluding carboxylic acids is 1. The Morgan fingerprint density at radius 2 is 2.33 bits per heavy atom. The minimum absolute atomic E-state index is 0.0396. The molecular formula is C13H19FN7O5P. The van der Waals surface area contributed by atoms with E-state index in [9.17, 15) is 18.9 Å². The van der Waals surface area contributed by atoms with Gasteiger partial charge in [0.1, 0.15) is 18.5 Å². The average Bonchev–Trinajstić information content (AvgIpc) is 3.19. The number of imidazole rings is 1. The topological polar surface area (TPSA) is 167 Å². The molecule has 14 heteroatoms. The van der Waals surface area contributed by atoms with Crippen molar-refractivity contribution in [1.82, 2.24) is 24.6 Å². The minimum Gasteiger partial charge on any atom is -0.387 e. The fraction of sp³-hybridized carbons (Fsp3) is 0.538. The lowest BCUT2D eigenvalue weighted by Gasteiger charge is -2.16. The van der Waals surface area contributed by atoms with Gasteiger partial charge in [-0.3, -0.25) is 9.13 Å². The summed E-state index contributed by atoms with van der Waals surface area (Å²) in [4.78, 5) is 22.4. The molecule has 0 saturated carbocycles. The summed E-state index contributed by atoms with van der Waals surface area (Å²) in [5.74, 6) is 0.326. The van der Waals surface area contributed by atoms with E-state index >= 15 is 0 Å². The molecule has 27 heavy (non-hydrogen) atoms. The molecule has 2 aromatic heterocycles. The highest BCUT2D eigenvalue weighted by Crippen LogP contribution is 2.35. The summed E-state index contributed by atoms with van der Waals surface area (Å²) in [6.07, 6.45) is -3.80. The molecule has 5 atom stereocenters. The second kappa shape index (κ2) is 8.23. The Labute approximate surface area is 153 Å². The lowest BCUT2D eigenvalue weighted by molar-refractivity contribution is -0.106. The summed E-state index contributed by atoms with van der Waals surface area (Å²) in [6, 6.07) is 0. The highest BCUT2D eigenvalue weighted by atomic mass is 31.1. The van der Waals surface area contributed by atoms with Crippen molar-refractivity contribution >= 4 is 37.4 Å². The van der Waals surface area contributed by atoms with Gasteiger partial charge in [0.05, 0.1) is 19.5 Å². The van der Waals surface area contributed by atoms with E-state index in [2.05, 4.69) is 25.4 Å². The van der Waals surface area contributed by atoms with E-state index in [-0.39, 0.29) is 24.7 Å². The third kappa shape index (κ3) is 3.92. The number of rotatable bonds is 8. The van der Waals surface area contributed by atoms with Crippen molar-refractivity contribution in [3.63, 3.8) is 0 Å². The van der Waals surface area contributed by atoms with Gasteiger partial charge in [0.25, 0.3) is 8.18 Å². The number of hydrogen-bond acceptors (Lipinski definition) is 10. The summed E-state index contributed by atoms with van der Waals surface area (Å²) in [5.41, 5.74) is 6.26. The predicted molar refractivity (Wildman–Crippen MR) is 93.1 cm³/mol. The molecule has 0 bridgehead atoms. The molecule has 0 aromatic carbocycles. The number of halogens is 1. The Kier molecular flexibility index (Phi) is 5.97. The molecule has 148 valence electrons. The molecule has 3 rings (SSSR count). The molecule has 1 saturated heterocycles. The van der Waals surface area contributed by atoms with Crippen LogP contribution < -0.4 is 16.1 Å². The first kappa shape index (κ1) is 19.6. The standard InChI is InChI=1S/C13H19FN7O5P/c1-16-10-8-11(20-13(15)19-10)21(5-17-8)12-7(14)9(23)6(26-12)4-25-27(24)18-2-3-22/h3,5-7,9,12,23,27H,2,4H2,1H3,(H,18,24)(H3,15,16,19,20)/t6-,7+,9-,12-/m1/s1. The van der Waals surface area contributed by atoms with Crippen LogP contribution in [0.25, 0.3) is 11.2 Å². The van der Waals surface area contributed by atoms with Crippen molar-refractivity contribution in [1.29, 1.82) is 0 Å². The fourth-order valence-corrected chi connectivity index (χ4v) is 3.36. The number of fused-ring (bicyclic) bond motifs is 1. The molecule has 0 aliphatic carbocycles. The molecule has 3 heterocycles. The van der Waals surface area contributed by atoms with Crippen LogP contribution in [0.5, 0.6) is 0 Å². The molecule has 1 fully saturated rings. The molecule has 0 spiro atoms. The van der Waals surface area contributed by atoms with Crippen LogP contribution >= 0.6 is 8.18 Å². The maximum absolute atomic E-state index is 14.6. The first-order valence-electron chi connectivity index (χ1n) is 7.96. The van der Waals surface area contributed by atoms with E-state index in [1.807, 2.05) is 0 Å². The van der Waals surface area contributed by atoms with E-state index < -0.39 is 32.8 Å². The Morgan fingerprint density at radius 1 is 1.56 bits per heavy atom. The van der Waals surface area contributed by atoms with Gasteiger partial charge < -0.3 is 30.2 Å². The maximum Gasteiger partial charge on any atom is 0.258 e. The lowest BCUT2D eigenvalue weighted by Crippen LogP contribution is -2.31. The van der Waals surface area contributed by atoms with Crippen LogP contribution in [0, 0.1) is 0 Å². The molecule has 1 aliphatic rings. The number of nitrogens with zero attached hydrogens (tertiary/aromatic N) is 4. The first-order valence-corrected chi connectivity index (χ1v) is 9.27. The van der Waals surface area contributed by atoms with Gasteiger partial charge in [-0.2, -0.15) is 9.97 Å². The minimum atomic E-state index is -2.71. The molecule has 1 aliphatic heterocycles. The van der Waals surface area contributed by atoms with Crippen molar-refractivity contribution in [3.05, 3.63) is 6.33 Å². The zero-order valence-corrected chi connectivity index (χ0v) is 15.2. The van der Waals surface area contributed by atoms with Crippen LogP contribution in [0.1, 0.15) is 6.23 Å². The lowest BCUT2D eigenvalue weighted by atomic mass is 10.1. The van der Waals surface area contributed by atoms with E-state index in [0.29, 0.717) is 17.6 Å². The number of ether oxygens (including phenoxy) is 1. The van der Waals surface area contributed by atoms with Gasteiger partial charge in [-0.25, -0.2) is 14.5 Å². The number of nitrogens with one attached hydrogen (secondary N) is 2. The van der Waals surface area contributed by atoms with Gasteiger partial charge in [-0.05, 0) is 0 Å². The molecule has 2 aromatic rings. The molecule has 0 amide bonds. The Balaban J connectivity index is 1.78. The van der Waals surface area contributed by atoms with Crippen molar-refractivity contribution in [2.45, 2.75) is 24.6 Å². The van der Waals surface area contributed by atoms with Crippen molar-refractivity contribution in [3.8, 4) is 0 Å². The van der Waals surface area contributed by atoms with Crippen LogP contribution in [0.4, 0.5) is 16.2 Å². The number of aldehydes is 1. The average molecular weight is 403 g/mol. The molecule has 12 nitrogen and oxygen atoms in total. The number of nitrogen functional groups attached to an aromatic ring is 1. The number of aromatic nitrogens is 4. The molecular weight excluding hydrogens is 384 g/mol. The van der Waals surface area contributed by atoms with E-state index in [0.717, 1.165) is 0 Å². The van der Waals surface area contributed by atoms with E-state index in [4.69, 9.17) is 15.0 Å². The summed E-state index contributed by atoms with van der Waals surface area (Å²) in [5, 5.41) is 15.2. The van der Waals surface area contributed by atoms with Gasteiger partial charge in [0.2, 0.25) is 5.95 Å². The highest BCUT2D eigenvalue weighted by Gasteiger charge is 2.46. The van der Waals surface area contributed by atoms with Gasteiger partial charge in [-0.1, -0.05) is 0 Å². The first-order chi connectivity index (χ1) is 13.0. The quantitative estimate of drug-likeness (QED) is 0.323. The molecule has 0 radical (unpaired) electrons. The van der Waals surface area contributed by atoms with Gasteiger partial charge in [-0.15, -0.1) is 0 Å². The maximum atomic E-state index is 14.6. The Bertz CT molecular complexity index is 852. The van der Waals surface area contributed by atoms with Crippen molar-refractivity contribution in [2.75, 3.05) is 31.2 Å². The summed E-state index contributed by atoms with van der Waals surface area (Å²) < 4.78 is 38.0. The van der Waals surface area contributed by atoms with Crippen LogP contribution in [0.2, 0.25) is 0 Å². The monoisotopic (exact) mass is 403 g/mol. The Morgan fingerprint density at radius 3 is 3.04 bits per heavy atom. The smallest absolute Gasteiger partial charge is 0.258 e. The zero-order chi connectivity index (χ0) is 19.6. The second-order valence-corrected chi connectivity index (χ2v) is 6.87. The largest absolute Gasteiger partial charge is 0.387 e. The number of nitrogens with two attached hydrogens (primary N) is 1. The fourth-order valence-electron chi connectivity index (χ4n) is 2.69. The van der Waals surface area contributed by atoms with Gasteiger partial charge in [0, 0.05) is 7.05 Å². The van der Waals surface area contributed by atoms with E-state index in [1.54, 1.807) is 7.05 Å². The van der Waals surface area contributed by atoms with Crippen LogP contribution in [-0.4, -0.2) is 69.5 Å². The van der Waals surface area contributed by atoms with Crippen molar-refractivity contribution in [2.24, 2.45) is 0 Å². The van der Waals surface area contributed by atoms with Crippen LogP contribution in [-0.2, 0) is 18.6 Å². The number of anilines is 2. The van der Waals surface area contributed by atoms with Gasteiger partial charge >= 0.3 is 0 Å². The van der Waals surface area contributed by atoms with Crippen LogP contribution in [0.3, 0.4) is 0 Å². The SMILES string of the molecule is CNc1nc(N)nc2c1ncn2[C@@H]1O[C@H](CO[PH](=O)NCC=O)[C@@H](O)[C@@H]1F. The van der Waals surface area contributed by atoms with E-state index in [1.165, 1.54) is 10.9 Å². The number of carbonyl (C=O) groups is 1. The summed E-state index contributed by atoms with van der Waals surface area (Å²) >= 11 is 0. The van der Waals surface area contributed by atoms with Crippen molar-refractivity contribution < 1.29 is 28.1 Å². The highest BCUT2D eigenvalue weighted by molar-refractivity contribution is 7.36. The number of hydrogen-bond donors (Lipinski definition) is 4. The summed E-state index contributed by atoms with van der Waals surface area (Å²) in [7, 11) is -1.08.